The number of nitrogens with two attached hydrogens (primary N) is 1. The average Bonchev–Trinajstić information content (AvgIpc) is 2.44. The Morgan fingerprint density at radius 1 is 1.38 bits per heavy atom. The highest BCUT2D eigenvalue weighted by atomic mass is 35.5. The highest BCUT2D eigenvalue weighted by Crippen LogP contribution is 2.27. The normalized spacial score (nSPS) is 23.6. The van der Waals surface area contributed by atoms with Crippen LogP contribution in [0.4, 0.5) is 11.4 Å². The second kappa shape index (κ2) is 7.14. The van der Waals surface area contributed by atoms with Crippen molar-refractivity contribution in [1.29, 1.82) is 0 Å². The van der Waals surface area contributed by atoms with E-state index in [1.165, 1.54) is 12.8 Å². The number of halogens is 1. The van der Waals surface area contributed by atoms with Crippen molar-refractivity contribution >= 4 is 28.9 Å². The van der Waals surface area contributed by atoms with Gasteiger partial charge in [0.05, 0.1) is 16.8 Å². The molecule has 116 valence electrons. The van der Waals surface area contributed by atoms with E-state index in [2.05, 4.69) is 12.2 Å². The topological polar surface area (TPSA) is 64.3 Å². The summed E-state index contributed by atoms with van der Waals surface area (Å²) in [6, 6.07) is 5.02. The van der Waals surface area contributed by atoms with Gasteiger partial charge in [-0.3, -0.25) is 4.79 Å². The number of carbonyl (C=O) groups excluding carboxylic acids is 1. The molecule has 1 atom stereocenters. The lowest BCUT2D eigenvalue weighted by atomic mass is 9.89. The van der Waals surface area contributed by atoms with Crippen LogP contribution < -0.4 is 11.1 Å². The Morgan fingerprint density at radius 2 is 2.05 bits per heavy atom. The van der Waals surface area contributed by atoms with Gasteiger partial charge >= 0.3 is 0 Å². The smallest absolute Gasteiger partial charge is 0.253 e. The van der Waals surface area contributed by atoms with Crippen molar-refractivity contribution < 1.29 is 9.53 Å². The number of nitrogens with one attached hydrogen (secondary N) is 1. The number of rotatable bonds is 4. The molecule has 0 aliphatic heterocycles. The van der Waals surface area contributed by atoms with Gasteiger partial charge in [0.1, 0.15) is 6.10 Å². The second-order valence-corrected chi connectivity index (χ2v) is 6.30. The molecule has 1 amide bonds. The first kappa shape index (κ1) is 16.1. The number of ether oxygens (including phenoxy) is 1. The van der Waals surface area contributed by atoms with Crippen LogP contribution >= 0.6 is 11.6 Å². The molecule has 0 bridgehead atoms. The lowest BCUT2D eigenvalue weighted by Gasteiger charge is -2.28. The molecule has 3 N–H and O–H groups in total. The number of benzene rings is 1. The third kappa shape index (κ3) is 4.61. The Hall–Kier alpha value is -1.26. The van der Waals surface area contributed by atoms with Crippen molar-refractivity contribution in [1.82, 2.24) is 0 Å². The molecule has 0 spiro atoms. The highest BCUT2D eigenvalue weighted by Gasteiger charge is 2.23. The molecule has 21 heavy (non-hydrogen) atoms. The molecule has 0 heterocycles. The van der Waals surface area contributed by atoms with Crippen molar-refractivity contribution in [3.05, 3.63) is 23.2 Å². The van der Waals surface area contributed by atoms with Gasteiger partial charge in [0.25, 0.3) is 5.91 Å². The minimum atomic E-state index is -0.489. The summed E-state index contributed by atoms with van der Waals surface area (Å²) in [7, 11) is 0. The molecule has 1 aliphatic rings. The van der Waals surface area contributed by atoms with E-state index in [0.717, 1.165) is 18.8 Å². The van der Waals surface area contributed by atoms with E-state index in [9.17, 15) is 4.79 Å². The molecular formula is C16H23ClN2O2. The molecular weight excluding hydrogens is 288 g/mol. The van der Waals surface area contributed by atoms with Gasteiger partial charge in [-0.05, 0) is 56.7 Å². The standard InChI is InChI=1S/C16H23ClN2O2/c1-10-3-6-13(7-4-10)21-11(2)16(20)19-15-8-5-12(18)9-14(15)17/h5,8-11,13H,3-4,6-7,18H2,1-2H3,(H,19,20). The first-order chi connectivity index (χ1) is 9.95. The summed E-state index contributed by atoms with van der Waals surface area (Å²) in [5.41, 5.74) is 6.76. The predicted octanol–water partition coefficient (Wildman–Crippen LogP) is 3.84. The summed E-state index contributed by atoms with van der Waals surface area (Å²) in [6.07, 6.45) is 4.09. The Labute approximate surface area is 131 Å². The minimum absolute atomic E-state index is 0.180. The van der Waals surface area contributed by atoms with E-state index in [-0.39, 0.29) is 12.0 Å². The summed E-state index contributed by atoms with van der Waals surface area (Å²) in [5.74, 6) is 0.586. The number of carbonyl (C=O) groups is 1. The van der Waals surface area contributed by atoms with Gasteiger partial charge in [-0.15, -0.1) is 0 Å². The minimum Gasteiger partial charge on any atom is -0.399 e. The van der Waals surface area contributed by atoms with Gasteiger partial charge in [0, 0.05) is 5.69 Å². The quantitative estimate of drug-likeness (QED) is 0.830. The lowest BCUT2D eigenvalue weighted by Crippen LogP contribution is -2.33. The highest BCUT2D eigenvalue weighted by molar-refractivity contribution is 6.34. The molecule has 1 aromatic rings. The first-order valence-corrected chi connectivity index (χ1v) is 7.85. The van der Waals surface area contributed by atoms with Gasteiger partial charge < -0.3 is 15.8 Å². The van der Waals surface area contributed by atoms with E-state index < -0.39 is 6.10 Å². The monoisotopic (exact) mass is 310 g/mol. The number of hydrogen-bond donors (Lipinski definition) is 2. The van der Waals surface area contributed by atoms with E-state index in [1.54, 1.807) is 25.1 Å². The molecule has 2 rings (SSSR count). The van der Waals surface area contributed by atoms with Crippen LogP contribution in [-0.2, 0) is 9.53 Å². The van der Waals surface area contributed by atoms with Crippen LogP contribution in [-0.4, -0.2) is 18.1 Å². The summed E-state index contributed by atoms with van der Waals surface area (Å²) < 4.78 is 5.86. The molecule has 1 saturated carbocycles. The summed E-state index contributed by atoms with van der Waals surface area (Å²) in [5, 5.41) is 3.22. The fourth-order valence-corrected chi connectivity index (χ4v) is 2.82. The van der Waals surface area contributed by atoms with Crippen LogP contribution in [0.15, 0.2) is 18.2 Å². The van der Waals surface area contributed by atoms with Crippen LogP contribution in [0.2, 0.25) is 5.02 Å². The zero-order valence-corrected chi connectivity index (χ0v) is 13.3. The van der Waals surface area contributed by atoms with Crippen LogP contribution in [0.1, 0.15) is 39.5 Å². The van der Waals surface area contributed by atoms with Crippen molar-refractivity contribution in [2.45, 2.75) is 51.7 Å². The van der Waals surface area contributed by atoms with Gasteiger partial charge in [-0.2, -0.15) is 0 Å². The molecule has 1 fully saturated rings. The summed E-state index contributed by atoms with van der Waals surface area (Å²) in [6.45, 7) is 4.04. The molecule has 4 nitrogen and oxygen atoms in total. The molecule has 1 aliphatic carbocycles. The molecule has 0 saturated heterocycles. The maximum Gasteiger partial charge on any atom is 0.253 e. The summed E-state index contributed by atoms with van der Waals surface area (Å²) >= 11 is 6.05. The van der Waals surface area contributed by atoms with Gasteiger partial charge in [-0.25, -0.2) is 0 Å². The Kier molecular flexibility index (Phi) is 5.48. The molecule has 1 unspecified atom stereocenters. The number of nitrogen functional groups attached to an aromatic ring is 1. The Bertz CT molecular complexity index is 499. The second-order valence-electron chi connectivity index (χ2n) is 5.89. The van der Waals surface area contributed by atoms with E-state index in [4.69, 9.17) is 22.1 Å². The Balaban J connectivity index is 1.87. The van der Waals surface area contributed by atoms with Gasteiger partial charge in [0.2, 0.25) is 0 Å². The SMILES string of the molecule is CC1CCC(OC(C)C(=O)Nc2ccc(N)cc2Cl)CC1. The van der Waals surface area contributed by atoms with Crippen molar-refractivity contribution in [2.75, 3.05) is 11.1 Å². The predicted molar refractivity (Wildman–Crippen MR) is 86.5 cm³/mol. The third-order valence-corrected chi connectivity index (χ3v) is 4.29. The van der Waals surface area contributed by atoms with Crippen LogP contribution in [0.5, 0.6) is 0 Å². The maximum absolute atomic E-state index is 12.2. The third-order valence-electron chi connectivity index (χ3n) is 3.98. The molecule has 0 aromatic heterocycles. The van der Waals surface area contributed by atoms with Crippen LogP contribution in [0.25, 0.3) is 0 Å². The zero-order valence-electron chi connectivity index (χ0n) is 12.6. The largest absolute Gasteiger partial charge is 0.399 e. The number of amides is 1. The van der Waals surface area contributed by atoms with Crippen molar-refractivity contribution in [2.24, 2.45) is 5.92 Å². The maximum atomic E-state index is 12.2. The van der Waals surface area contributed by atoms with Crippen LogP contribution in [0.3, 0.4) is 0 Å². The van der Waals surface area contributed by atoms with Gasteiger partial charge in [-0.1, -0.05) is 18.5 Å². The molecule has 5 heteroatoms. The Morgan fingerprint density at radius 3 is 2.67 bits per heavy atom. The summed E-state index contributed by atoms with van der Waals surface area (Å²) in [4.78, 5) is 12.2. The number of anilines is 2. The van der Waals surface area contributed by atoms with Crippen molar-refractivity contribution in [3.8, 4) is 0 Å². The van der Waals surface area contributed by atoms with E-state index >= 15 is 0 Å². The zero-order chi connectivity index (χ0) is 15.4. The molecule has 1 aromatic carbocycles. The lowest BCUT2D eigenvalue weighted by molar-refractivity contribution is -0.131. The average molecular weight is 311 g/mol. The molecule has 0 radical (unpaired) electrons. The fourth-order valence-electron chi connectivity index (χ4n) is 2.58. The van der Waals surface area contributed by atoms with Crippen LogP contribution in [0, 0.1) is 5.92 Å². The fraction of sp³-hybridized carbons (Fsp3) is 0.562. The van der Waals surface area contributed by atoms with E-state index in [0.29, 0.717) is 16.4 Å². The first-order valence-electron chi connectivity index (χ1n) is 7.47. The van der Waals surface area contributed by atoms with Gasteiger partial charge in [0.15, 0.2) is 0 Å². The van der Waals surface area contributed by atoms with E-state index in [1.807, 2.05) is 0 Å². The van der Waals surface area contributed by atoms with Crippen molar-refractivity contribution in [3.63, 3.8) is 0 Å². The number of hydrogen-bond acceptors (Lipinski definition) is 3.